The molecule has 2 heteroatoms. The number of benzene rings is 6. The van der Waals surface area contributed by atoms with Gasteiger partial charge in [-0.25, -0.2) is 0 Å². The maximum Gasteiger partial charge on any atom is 0.0462 e. The van der Waals surface area contributed by atoms with Crippen molar-refractivity contribution in [3.8, 4) is 33.4 Å². The molecule has 2 N–H and O–H groups in total. The van der Waals surface area contributed by atoms with Crippen LogP contribution in [0.3, 0.4) is 0 Å². The maximum absolute atomic E-state index is 6.47. The van der Waals surface area contributed by atoms with Crippen molar-refractivity contribution >= 4 is 22.7 Å². The lowest BCUT2D eigenvalue weighted by molar-refractivity contribution is 1.28. The summed E-state index contributed by atoms with van der Waals surface area (Å²) in [6.07, 6.45) is 0. The van der Waals surface area contributed by atoms with Crippen LogP contribution in [0.25, 0.3) is 33.4 Å². The second-order valence-electron chi connectivity index (χ2n) is 9.27. The largest absolute Gasteiger partial charge is 0.398 e. The summed E-state index contributed by atoms with van der Waals surface area (Å²) in [4.78, 5) is 2.29. The quantitative estimate of drug-likeness (QED) is 0.236. The normalized spacial score (nSPS) is 10.7. The van der Waals surface area contributed by atoms with Gasteiger partial charge in [-0.15, -0.1) is 0 Å². The van der Waals surface area contributed by atoms with Gasteiger partial charge in [0.05, 0.1) is 0 Å². The molecule has 0 bridgehead atoms. The zero-order chi connectivity index (χ0) is 25.7. The molecule has 0 atom stereocenters. The van der Waals surface area contributed by atoms with Gasteiger partial charge in [-0.05, 0) is 70.3 Å². The monoisotopic (exact) mass is 488 g/mol. The van der Waals surface area contributed by atoms with Crippen LogP contribution < -0.4 is 10.6 Å². The highest BCUT2D eigenvalue weighted by atomic mass is 15.1. The van der Waals surface area contributed by atoms with E-state index in [0.717, 1.165) is 45.0 Å². The van der Waals surface area contributed by atoms with Crippen LogP contribution in [0.1, 0.15) is 0 Å². The lowest BCUT2D eigenvalue weighted by atomic mass is 9.93. The third-order valence-corrected chi connectivity index (χ3v) is 6.84. The minimum atomic E-state index is 0.780. The summed E-state index contributed by atoms with van der Waals surface area (Å²) in [7, 11) is 0. The Morgan fingerprint density at radius 1 is 0.342 bits per heavy atom. The van der Waals surface area contributed by atoms with Crippen LogP contribution in [0.5, 0.6) is 0 Å². The Balaban J connectivity index is 1.39. The number of nitrogens with two attached hydrogens (primary N) is 1. The fourth-order valence-electron chi connectivity index (χ4n) is 4.99. The Hall–Kier alpha value is -5.08. The Bertz CT molecular complexity index is 1620. The molecular weight excluding hydrogens is 460 g/mol. The highest BCUT2D eigenvalue weighted by Crippen LogP contribution is 2.39. The fourth-order valence-corrected chi connectivity index (χ4v) is 4.99. The van der Waals surface area contributed by atoms with Gasteiger partial charge in [0.15, 0.2) is 0 Å². The van der Waals surface area contributed by atoms with Crippen molar-refractivity contribution in [1.82, 2.24) is 0 Å². The van der Waals surface area contributed by atoms with Crippen molar-refractivity contribution < 1.29 is 0 Å². The molecule has 2 nitrogen and oxygen atoms in total. The number of nitrogens with zero attached hydrogens (tertiary/aromatic N) is 1. The topological polar surface area (TPSA) is 29.3 Å². The van der Waals surface area contributed by atoms with Gasteiger partial charge >= 0.3 is 0 Å². The van der Waals surface area contributed by atoms with E-state index < -0.39 is 0 Å². The summed E-state index contributed by atoms with van der Waals surface area (Å²) in [5, 5.41) is 0. The van der Waals surface area contributed by atoms with E-state index in [0.29, 0.717) is 0 Å². The zero-order valence-electron chi connectivity index (χ0n) is 21.0. The van der Waals surface area contributed by atoms with Crippen LogP contribution in [0.4, 0.5) is 22.7 Å². The van der Waals surface area contributed by atoms with Crippen molar-refractivity contribution in [1.29, 1.82) is 0 Å². The first-order chi connectivity index (χ1) is 18.8. The molecule has 0 saturated carbocycles. The Kier molecular flexibility index (Phi) is 6.44. The first kappa shape index (κ1) is 23.3. The first-order valence-corrected chi connectivity index (χ1v) is 12.8. The van der Waals surface area contributed by atoms with E-state index in [1.165, 1.54) is 11.1 Å². The summed E-state index contributed by atoms with van der Waals surface area (Å²) in [6.45, 7) is 0. The van der Waals surface area contributed by atoms with Crippen molar-refractivity contribution in [2.24, 2.45) is 0 Å². The van der Waals surface area contributed by atoms with Crippen LogP contribution in [0.15, 0.2) is 158 Å². The lowest BCUT2D eigenvalue weighted by Crippen LogP contribution is -2.09. The molecule has 0 aliphatic heterocycles. The molecule has 0 aliphatic carbocycles. The molecule has 0 unspecified atom stereocenters. The molecule has 0 aliphatic rings. The number of anilines is 4. The molecular formula is C36H28N2. The van der Waals surface area contributed by atoms with E-state index >= 15 is 0 Å². The van der Waals surface area contributed by atoms with E-state index in [2.05, 4.69) is 132 Å². The van der Waals surface area contributed by atoms with Gasteiger partial charge in [-0.1, -0.05) is 115 Å². The highest BCUT2D eigenvalue weighted by Gasteiger charge is 2.15. The number of rotatable bonds is 6. The molecule has 6 aromatic carbocycles. The molecule has 6 aromatic rings. The maximum atomic E-state index is 6.47. The van der Waals surface area contributed by atoms with E-state index in [1.807, 2.05) is 30.3 Å². The Morgan fingerprint density at radius 2 is 0.789 bits per heavy atom. The van der Waals surface area contributed by atoms with Gasteiger partial charge in [0.2, 0.25) is 0 Å². The van der Waals surface area contributed by atoms with Crippen LogP contribution in [-0.2, 0) is 0 Å². The molecule has 182 valence electrons. The SMILES string of the molecule is Nc1cccc(-c2ccc(N(c3ccccc3)c3ccc(-c4ccccc4)cc3)cc2)c1-c1ccccc1. The van der Waals surface area contributed by atoms with Crippen molar-refractivity contribution in [2.45, 2.75) is 0 Å². The van der Waals surface area contributed by atoms with Gasteiger partial charge in [0.25, 0.3) is 0 Å². The van der Waals surface area contributed by atoms with Gasteiger partial charge in [0.1, 0.15) is 0 Å². The highest BCUT2D eigenvalue weighted by molar-refractivity contribution is 5.91. The summed E-state index contributed by atoms with van der Waals surface area (Å²) >= 11 is 0. The summed E-state index contributed by atoms with van der Waals surface area (Å²) in [5.74, 6) is 0. The van der Waals surface area contributed by atoms with Crippen LogP contribution in [-0.4, -0.2) is 0 Å². The Morgan fingerprint density at radius 3 is 1.37 bits per heavy atom. The number of hydrogen-bond donors (Lipinski definition) is 1. The summed E-state index contributed by atoms with van der Waals surface area (Å²) in [6, 6.07) is 55.0. The molecule has 0 fully saturated rings. The van der Waals surface area contributed by atoms with E-state index in [4.69, 9.17) is 5.73 Å². The number of para-hydroxylation sites is 1. The molecule has 0 heterocycles. The van der Waals surface area contributed by atoms with Crippen LogP contribution >= 0.6 is 0 Å². The van der Waals surface area contributed by atoms with Gasteiger partial charge in [0, 0.05) is 28.3 Å². The standard InChI is InChI=1S/C36H28N2/c37-35-18-10-17-34(36(35)30-13-6-2-7-14-30)29-21-25-33(26-22-29)38(31-15-8-3-9-16-31)32-23-19-28(20-24-32)27-11-4-1-5-12-27/h1-26H,37H2. The van der Waals surface area contributed by atoms with Gasteiger partial charge in [-0.3, -0.25) is 0 Å². The van der Waals surface area contributed by atoms with Gasteiger partial charge in [-0.2, -0.15) is 0 Å². The van der Waals surface area contributed by atoms with Crippen LogP contribution in [0.2, 0.25) is 0 Å². The first-order valence-electron chi connectivity index (χ1n) is 12.8. The minimum Gasteiger partial charge on any atom is -0.398 e. The molecule has 0 saturated heterocycles. The molecule has 0 amide bonds. The second kappa shape index (κ2) is 10.5. The zero-order valence-corrected chi connectivity index (χ0v) is 21.0. The lowest BCUT2D eigenvalue weighted by Gasteiger charge is -2.26. The summed E-state index contributed by atoms with van der Waals surface area (Å²) in [5.41, 5.74) is 17.4. The van der Waals surface area contributed by atoms with Crippen molar-refractivity contribution in [3.63, 3.8) is 0 Å². The fraction of sp³-hybridized carbons (Fsp3) is 0. The van der Waals surface area contributed by atoms with E-state index in [9.17, 15) is 0 Å². The van der Waals surface area contributed by atoms with Crippen LogP contribution in [0, 0.1) is 0 Å². The van der Waals surface area contributed by atoms with E-state index in [-0.39, 0.29) is 0 Å². The van der Waals surface area contributed by atoms with Crippen molar-refractivity contribution in [2.75, 3.05) is 10.6 Å². The predicted octanol–water partition coefficient (Wildman–Crippen LogP) is 9.74. The Labute approximate surface area is 224 Å². The molecule has 38 heavy (non-hydrogen) atoms. The molecule has 0 aromatic heterocycles. The van der Waals surface area contributed by atoms with Gasteiger partial charge < -0.3 is 10.6 Å². The summed E-state index contributed by atoms with van der Waals surface area (Å²) < 4.78 is 0. The average Bonchev–Trinajstić information content (AvgIpc) is 2.99. The predicted molar refractivity (Wildman–Crippen MR) is 162 cm³/mol. The third-order valence-electron chi connectivity index (χ3n) is 6.84. The third kappa shape index (κ3) is 4.68. The molecule has 0 spiro atoms. The average molecular weight is 489 g/mol. The second-order valence-corrected chi connectivity index (χ2v) is 9.27. The molecule has 0 radical (unpaired) electrons. The van der Waals surface area contributed by atoms with E-state index in [1.54, 1.807) is 0 Å². The smallest absolute Gasteiger partial charge is 0.0462 e. The minimum absolute atomic E-state index is 0.780. The van der Waals surface area contributed by atoms with Crippen molar-refractivity contribution in [3.05, 3.63) is 158 Å². The molecule has 6 rings (SSSR count). The number of hydrogen-bond acceptors (Lipinski definition) is 2. The number of nitrogen functional groups attached to an aromatic ring is 1.